The number of carboxylic acid groups (broad SMARTS) is 1. The second-order valence-corrected chi connectivity index (χ2v) is 14.2. The van der Waals surface area contributed by atoms with E-state index in [4.69, 9.17) is 45.9 Å². The van der Waals surface area contributed by atoms with Gasteiger partial charge in [-0.25, -0.2) is 4.79 Å². The van der Waals surface area contributed by atoms with Crippen molar-refractivity contribution < 1.29 is 39.0 Å². The van der Waals surface area contributed by atoms with Crippen LogP contribution in [0.2, 0.25) is 0 Å². The van der Waals surface area contributed by atoms with Crippen molar-refractivity contribution in [2.75, 3.05) is 26.2 Å². The normalized spacial score (nSPS) is 14.5. The largest absolute Gasteiger partial charge is 0.480 e. The fourth-order valence-corrected chi connectivity index (χ4v) is 5.39. The smallest absolute Gasteiger partial charge is 0.326 e. The van der Waals surface area contributed by atoms with Gasteiger partial charge in [0.1, 0.15) is 30.2 Å². The van der Waals surface area contributed by atoms with Crippen molar-refractivity contribution >= 4 is 53.4 Å². The second kappa shape index (κ2) is 28.8. The molecule has 332 valence electrons. The van der Waals surface area contributed by atoms with Crippen molar-refractivity contribution in [3.8, 4) is 0 Å². The number of hydrogen-bond acceptors (Lipinski definition) is 12. The van der Waals surface area contributed by atoms with Gasteiger partial charge in [-0.3, -0.25) is 38.9 Å². The highest BCUT2D eigenvalue weighted by Gasteiger charge is 2.34. The van der Waals surface area contributed by atoms with Gasteiger partial charge in [-0.1, -0.05) is 20.3 Å². The molecule has 24 nitrogen and oxygen atoms in total. The van der Waals surface area contributed by atoms with E-state index in [0.717, 1.165) is 0 Å². The number of aliphatic hydroxyl groups excluding tert-OH is 1. The van der Waals surface area contributed by atoms with Crippen LogP contribution in [0.15, 0.2) is 15.0 Å². The molecule has 0 radical (unpaired) electrons. The van der Waals surface area contributed by atoms with Gasteiger partial charge in [0, 0.05) is 19.6 Å². The summed E-state index contributed by atoms with van der Waals surface area (Å²) < 4.78 is 0. The van der Waals surface area contributed by atoms with Crippen molar-refractivity contribution in [1.82, 2.24) is 26.6 Å². The number of aliphatic carboxylic acids is 1. The Labute approximate surface area is 338 Å². The molecule has 0 aromatic heterocycles. The number of nitrogens with zero attached hydrogens (tertiary/aromatic N) is 3. The number of carbonyl (C=O) groups is 6. The molecule has 0 unspecified atom stereocenters. The molecule has 5 amide bonds. The molecule has 0 saturated heterocycles. The fourth-order valence-electron chi connectivity index (χ4n) is 5.39. The first-order chi connectivity index (χ1) is 27.2. The number of rotatable bonds is 30. The first kappa shape index (κ1) is 52.5. The summed E-state index contributed by atoms with van der Waals surface area (Å²) in [5, 5.41) is 33.0. The Balaban J connectivity index is 6.25. The van der Waals surface area contributed by atoms with Crippen LogP contribution in [0.5, 0.6) is 0 Å². The second-order valence-electron chi connectivity index (χ2n) is 14.2. The van der Waals surface area contributed by atoms with E-state index in [1.54, 1.807) is 13.8 Å². The highest BCUT2D eigenvalue weighted by atomic mass is 16.4. The number of guanidine groups is 3. The van der Waals surface area contributed by atoms with Crippen LogP contribution < -0.4 is 72.5 Å². The summed E-state index contributed by atoms with van der Waals surface area (Å²) in [7, 11) is 0. The summed E-state index contributed by atoms with van der Waals surface area (Å²) in [5.74, 6) is -6.11. The lowest BCUT2D eigenvalue weighted by molar-refractivity contribution is -0.142. The summed E-state index contributed by atoms with van der Waals surface area (Å²) in [5.41, 5.74) is 43.8. The number of aliphatic hydroxyl groups is 1. The first-order valence-corrected chi connectivity index (χ1v) is 19.2. The third-order valence-corrected chi connectivity index (χ3v) is 8.43. The first-order valence-electron chi connectivity index (χ1n) is 19.2. The molecule has 0 aromatic rings. The molecule has 0 aliphatic carbocycles. The maximum atomic E-state index is 13.8. The topological polar surface area (TPSA) is 448 Å². The summed E-state index contributed by atoms with van der Waals surface area (Å²) in [6.07, 6.45) is 0.709. The van der Waals surface area contributed by atoms with Crippen LogP contribution in [0, 0.1) is 5.92 Å². The molecular weight excluding hydrogens is 760 g/mol. The molecule has 58 heavy (non-hydrogen) atoms. The number of nitrogens with one attached hydrogen (secondary N) is 5. The molecule has 0 bridgehead atoms. The van der Waals surface area contributed by atoms with E-state index in [9.17, 15) is 39.0 Å². The zero-order valence-corrected chi connectivity index (χ0v) is 33.8. The maximum absolute atomic E-state index is 13.8. The van der Waals surface area contributed by atoms with E-state index in [-0.39, 0.29) is 88.4 Å². The average Bonchev–Trinajstić information content (AvgIpc) is 3.12. The summed E-state index contributed by atoms with van der Waals surface area (Å²) in [6.45, 7) is 5.53. The Morgan fingerprint density at radius 3 is 1.34 bits per heavy atom. The lowest BCUT2D eigenvalue weighted by Gasteiger charge is -2.28. The van der Waals surface area contributed by atoms with Crippen LogP contribution >= 0.6 is 0 Å². The highest BCUT2D eigenvalue weighted by molar-refractivity contribution is 5.96. The molecule has 0 spiro atoms. The number of nitrogens with two attached hydrogens (primary N) is 8. The van der Waals surface area contributed by atoms with Crippen molar-refractivity contribution in [1.29, 1.82) is 0 Å². The van der Waals surface area contributed by atoms with Gasteiger partial charge in [0.2, 0.25) is 29.5 Å². The van der Waals surface area contributed by atoms with Gasteiger partial charge in [-0.05, 0) is 77.2 Å². The van der Waals surface area contributed by atoms with Crippen LogP contribution in [-0.2, 0) is 28.8 Å². The number of carboxylic acids is 1. The Hall–Kier alpha value is -5.49. The van der Waals surface area contributed by atoms with Gasteiger partial charge >= 0.3 is 5.97 Å². The Bertz CT molecular complexity index is 1400. The SMILES string of the molecule is CC(C)C[C@H](NC(=O)[C@H](NC(=O)[C@H](CCCN=C(N)N)NC(=O)[C@H](N)CCCCN)[C@H](C)O)C(=O)N[C@H](CCCN=C(N)N)C(=O)N[C@H](CCCN=C(N)N)C(=O)O. The number of aliphatic imine (C=N–C) groups is 3. The van der Waals surface area contributed by atoms with E-state index in [1.165, 1.54) is 6.92 Å². The predicted octanol–water partition coefficient (Wildman–Crippen LogP) is -5.46. The quantitative estimate of drug-likeness (QED) is 0.0182. The minimum Gasteiger partial charge on any atom is -0.480 e. The molecule has 0 aliphatic heterocycles. The van der Waals surface area contributed by atoms with Crippen molar-refractivity contribution in [2.24, 2.45) is 66.8 Å². The predicted molar refractivity (Wildman–Crippen MR) is 219 cm³/mol. The molecular formula is C34H68N16O8. The molecule has 7 atom stereocenters. The van der Waals surface area contributed by atoms with Gasteiger partial charge in [-0.2, -0.15) is 0 Å². The van der Waals surface area contributed by atoms with Crippen LogP contribution in [0.4, 0.5) is 0 Å². The van der Waals surface area contributed by atoms with Crippen LogP contribution in [0.1, 0.15) is 85.0 Å². The van der Waals surface area contributed by atoms with Gasteiger partial charge in [-0.15, -0.1) is 0 Å². The summed E-state index contributed by atoms with van der Waals surface area (Å²) in [6, 6.07) is -7.73. The molecule has 0 fully saturated rings. The number of hydrogen-bond donors (Lipinski definition) is 15. The monoisotopic (exact) mass is 829 g/mol. The third kappa shape index (κ3) is 23.5. The maximum Gasteiger partial charge on any atom is 0.326 e. The molecule has 0 saturated carbocycles. The van der Waals surface area contributed by atoms with Crippen molar-refractivity contribution in [3.63, 3.8) is 0 Å². The Kier molecular flexibility index (Phi) is 26.1. The highest BCUT2D eigenvalue weighted by Crippen LogP contribution is 2.10. The molecule has 0 heterocycles. The molecule has 24 heteroatoms. The van der Waals surface area contributed by atoms with Crippen LogP contribution in [0.25, 0.3) is 0 Å². The molecule has 23 N–H and O–H groups in total. The molecule has 0 rings (SSSR count). The number of carbonyl (C=O) groups excluding carboxylic acids is 5. The van der Waals surface area contributed by atoms with Crippen molar-refractivity contribution in [2.45, 2.75) is 127 Å². The lowest BCUT2D eigenvalue weighted by Crippen LogP contribution is -2.61. The average molecular weight is 829 g/mol. The Morgan fingerprint density at radius 2 is 0.931 bits per heavy atom. The van der Waals surface area contributed by atoms with E-state index in [1.807, 2.05) is 0 Å². The van der Waals surface area contributed by atoms with Crippen LogP contribution in [0.3, 0.4) is 0 Å². The zero-order chi connectivity index (χ0) is 44.4. The van der Waals surface area contributed by atoms with E-state index in [2.05, 4.69) is 41.6 Å². The van der Waals surface area contributed by atoms with Gasteiger partial charge in [0.15, 0.2) is 17.9 Å². The number of amides is 5. The summed E-state index contributed by atoms with van der Waals surface area (Å²) in [4.78, 5) is 91.0. The van der Waals surface area contributed by atoms with Gasteiger partial charge in [0.05, 0.1) is 12.1 Å². The summed E-state index contributed by atoms with van der Waals surface area (Å²) >= 11 is 0. The minimum absolute atomic E-state index is 0.0298. The third-order valence-electron chi connectivity index (χ3n) is 8.43. The van der Waals surface area contributed by atoms with Crippen molar-refractivity contribution in [3.05, 3.63) is 0 Å². The zero-order valence-electron chi connectivity index (χ0n) is 33.8. The van der Waals surface area contributed by atoms with E-state index in [0.29, 0.717) is 25.8 Å². The van der Waals surface area contributed by atoms with Gasteiger partial charge < -0.3 is 82.7 Å². The lowest BCUT2D eigenvalue weighted by atomic mass is 10.0. The Morgan fingerprint density at radius 1 is 0.534 bits per heavy atom. The molecule has 0 aliphatic rings. The van der Waals surface area contributed by atoms with E-state index >= 15 is 0 Å². The standard InChI is InChI=1S/C34H68N16O8/c1-18(2)17-24(29(55)47-21(10-6-14-43-32(37)38)27(53)48-23(31(57)58)12-8-16-45-34(41)42)49-30(56)25(19(3)51)50-28(54)22(11-7-15-44-33(39)40)46-26(52)20(36)9-4-5-13-35/h18-25,51H,4-17,35-36H2,1-3H3,(H,46,52)(H,47,55)(H,48,53)(H,49,56)(H,50,54)(H,57,58)(H4,37,38,43)(H4,39,40,44)(H4,41,42,45)/t19-,20+,21+,22-,23+,24-,25+/m0/s1. The molecule has 0 aromatic carbocycles. The fraction of sp³-hybridized carbons (Fsp3) is 0.735. The van der Waals surface area contributed by atoms with Crippen LogP contribution in [-0.4, -0.2) is 132 Å². The van der Waals surface area contributed by atoms with Gasteiger partial charge in [0.25, 0.3) is 0 Å². The van der Waals surface area contributed by atoms with E-state index < -0.39 is 77.9 Å². The minimum atomic E-state index is -1.61. The number of unbranched alkanes of at least 4 members (excludes halogenated alkanes) is 1.